The van der Waals surface area contributed by atoms with Crippen molar-refractivity contribution in [2.45, 2.75) is 13.8 Å². The van der Waals surface area contributed by atoms with Crippen molar-refractivity contribution in [2.24, 2.45) is 0 Å². The number of ether oxygens (including phenoxy) is 1. The Kier molecular flexibility index (Phi) is 7.77. The van der Waals surface area contributed by atoms with Crippen LogP contribution in [0.15, 0.2) is 53.4 Å². The Morgan fingerprint density at radius 2 is 1.76 bits per heavy atom. The lowest BCUT2D eigenvalue weighted by Gasteiger charge is -2.13. The number of esters is 1. The van der Waals surface area contributed by atoms with E-state index in [0.717, 1.165) is 39.3 Å². The number of aromatic nitrogens is 1. The average Bonchev–Trinajstić information content (AvgIpc) is 3.29. The van der Waals surface area contributed by atoms with Crippen LogP contribution in [0.5, 0.6) is 0 Å². The Morgan fingerprint density at radius 3 is 2.43 bits per heavy atom. The van der Waals surface area contributed by atoms with Crippen LogP contribution < -0.4 is 5.32 Å². The van der Waals surface area contributed by atoms with Crippen molar-refractivity contribution in [1.29, 1.82) is 0 Å². The van der Waals surface area contributed by atoms with Crippen LogP contribution in [0.25, 0.3) is 11.8 Å². The quantitative estimate of drug-likeness (QED) is 0.301. The van der Waals surface area contributed by atoms with E-state index < -0.39 is 29.6 Å². The molecule has 0 atom stereocenters. The molecule has 1 aliphatic rings. The summed E-state index contributed by atoms with van der Waals surface area (Å²) in [5, 5.41) is 2.81. The van der Waals surface area contributed by atoms with E-state index in [1.165, 1.54) is 25.3 Å². The number of methoxy groups -OCH3 is 1. The second-order valence-electron chi connectivity index (χ2n) is 8.14. The second kappa shape index (κ2) is 10.8. The number of benzene rings is 2. The van der Waals surface area contributed by atoms with Gasteiger partial charge in [0.15, 0.2) is 0 Å². The molecule has 190 valence electrons. The van der Waals surface area contributed by atoms with Gasteiger partial charge in [0.25, 0.3) is 11.1 Å². The Labute approximate surface area is 227 Å². The molecule has 2 aromatic carbocycles. The molecule has 0 spiro atoms. The van der Waals surface area contributed by atoms with E-state index in [0.29, 0.717) is 5.02 Å². The third-order valence-corrected chi connectivity index (χ3v) is 7.16. The highest BCUT2D eigenvalue weighted by Gasteiger charge is 2.36. The molecule has 4 rings (SSSR count). The van der Waals surface area contributed by atoms with Gasteiger partial charge >= 0.3 is 5.97 Å². The molecule has 1 aliphatic heterocycles. The normalized spacial score (nSPS) is 14.4. The molecule has 3 aromatic rings. The zero-order chi connectivity index (χ0) is 26.9. The number of amides is 3. The van der Waals surface area contributed by atoms with Crippen LogP contribution in [0, 0.1) is 13.8 Å². The molecular weight excluding hydrogens is 537 g/mol. The molecule has 0 saturated carbocycles. The summed E-state index contributed by atoms with van der Waals surface area (Å²) in [5.74, 6) is -1.83. The summed E-state index contributed by atoms with van der Waals surface area (Å²) in [6.45, 7) is 3.37. The maximum Gasteiger partial charge on any atom is 0.339 e. The minimum atomic E-state index is -0.660. The number of halogens is 2. The van der Waals surface area contributed by atoms with Crippen LogP contribution >= 0.6 is 35.0 Å². The molecule has 2 heterocycles. The lowest BCUT2D eigenvalue weighted by Crippen LogP contribution is -2.36. The molecule has 1 fully saturated rings. The number of carbonyl (C=O) groups excluding carboxylic acids is 4. The molecule has 37 heavy (non-hydrogen) atoms. The summed E-state index contributed by atoms with van der Waals surface area (Å²) in [6, 6.07) is 13.6. The van der Waals surface area contributed by atoms with Gasteiger partial charge < -0.3 is 14.6 Å². The summed E-state index contributed by atoms with van der Waals surface area (Å²) in [6.07, 6.45) is 1.65. The minimum absolute atomic E-state index is 0.0762. The zero-order valence-electron chi connectivity index (χ0n) is 20.0. The van der Waals surface area contributed by atoms with Gasteiger partial charge in [-0.1, -0.05) is 23.2 Å². The highest BCUT2D eigenvalue weighted by Crippen LogP contribution is 2.34. The third kappa shape index (κ3) is 5.58. The van der Waals surface area contributed by atoms with Crippen LogP contribution in [0.2, 0.25) is 10.0 Å². The van der Waals surface area contributed by atoms with Gasteiger partial charge in [-0.15, -0.1) is 0 Å². The summed E-state index contributed by atoms with van der Waals surface area (Å²) >= 11 is 12.8. The van der Waals surface area contributed by atoms with Crippen LogP contribution in [0.4, 0.5) is 10.5 Å². The molecule has 1 N–H and O–H groups in total. The van der Waals surface area contributed by atoms with Crippen LogP contribution in [0.3, 0.4) is 0 Å². The SMILES string of the molecule is COC(=O)c1cc(NC(=O)CN2C(=O)S/C(=C/c3cc(C)n(-c4ccc(Cl)cc4)c3C)C2=O)ccc1Cl. The molecule has 1 aromatic heterocycles. The van der Waals surface area contributed by atoms with Crippen LogP contribution in [0.1, 0.15) is 27.3 Å². The standard InChI is InChI=1S/C26H21Cl2N3O5S/c1-14-10-16(15(2)31(14)19-7-4-17(27)5-8-19)11-22-24(33)30(26(35)37-22)13-23(32)29-18-6-9-21(28)20(12-18)25(34)36-3/h4-12H,13H2,1-3H3,(H,29,32)/b22-11+. The van der Waals surface area contributed by atoms with Crippen molar-refractivity contribution in [3.63, 3.8) is 0 Å². The molecule has 11 heteroatoms. The summed E-state index contributed by atoms with van der Waals surface area (Å²) < 4.78 is 6.69. The van der Waals surface area contributed by atoms with E-state index in [4.69, 9.17) is 23.2 Å². The molecule has 0 aliphatic carbocycles. The average molecular weight is 558 g/mol. The van der Waals surface area contributed by atoms with Gasteiger partial charge in [0.05, 0.1) is 22.6 Å². The first kappa shape index (κ1) is 26.5. The number of imide groups is 1. The molecule has 0 radical (unpaired) electrons. The van der Waals surface area contributed by atoms with Crippen molar-refractivity contribution in [3.8, 4) is 5.69 Å². The smallest absolute Gasteiger partial charge is 0.339 e. The number of hydrogen-bond donors (Lipinski definition) is 1. The first-order chi connectivity index (χ1) is 17.6. The van der Waals surface area contributed by atoms with E-state index in [2.05, 4.69) is 10.1 Å². The number of carbonyl (C=O) groups is 4. The Hall–Kier alpha value is -3.53. The minimum Gasteiger partial charge on any atom is -0.465 e. The third-order valence-electron chi connectivity index (χ3n) is 5.67. The highest BCUT2D eigenvalue weighted by atomic mass is 35.5. The first-order valence-electron chi connectivity index (χ1n) is 11.0. The number of anilines is 1. The van der Waals surface area contributed by atoms with Crippen LogP contribution in [-0.2, 0) is 14.3 Å². The molecular formula is C26H21Cl2N3O5S. The van der Waals surface area contributed by atoms with Crippen molar-refractivity contribution in [1.82, 2.24) is 9.47 Å². The molecule has 0 bridgehead atoms. The number of thioether (sulfide) groups is 1. The van der Waals surface area contributed by atoms with Crippen LogP contribution in [-0.4, -0.2) is 46.1 Å². The maximum absolute atomic E-state index is 13.0. The number of hydrogen-bond acceptors (Lipinski definition) is 6. The van der Waals surface area contributed by atoms with Gasteiger partial charge in [-0.2, -0.15) is 0 Å². The summed E-state index contributed by atoms with van der Waals surface area (Å²) in [7, 11) is 1.21. The topological polar surface area (TPSA) is 97.7 Å². The van der Waals surface area contributed by atoms with E-state index >= 15 is 0 Å². The predicted octanol–water partition coefficient (Wildman–Crippen LogP) is 5.86. The van der Waals surface area contributed by atoms with Crippen molar-refractivity contribution >= 4 is 69.8 Å². The second-order valence-corrected chi connectivity index (χ2v) is 9.98. The number of nitrogens with zero attached hydrogens (tertiary/aromatic N) is 2. The highest BCUT2D eigenvalue weighted by molar-refractivity contribution is 8.18. The fourth-order valence-corrected chi connectivity index (χ4v) is 5.06. The summed E-state index contributed by atoms with van der Waals surface area (Å²) in [4.78, 5) is 51.1. The van der Waals surface area contributed by atoms with E-state index in [1.807, 2.05) is 36.6 Å². The fraction of sp³-hybridized carbons (Fsp3) is 0.154. The van der Waals surface area contributed by atoms with Gasteiger partial charge in [0.1, 0.15) is 6.54 Å². The molecule has 8 nitrogen and oxygen atoms in total. The number of rotatable bonds is 6. The molecule has 0 unspecified atom stereocenters. The zero-order valence-corrected chi connectivity index (χ0v) is 22.3. The Balaban J connectivity index is 1.50. The van der Waals surface area contributed by atoms with E-state index in [9.17, 15) is 19.2 Å². The largest absolute Gasteiger partial charge is 0.465 e. The lowest BCUT2D eigenvalue weighted by molar-refractivity contribution is -0.127. The Bertz CT molecular complexity index is 1460. The monoisotopic (exact) mass is 557 g/mol. The van der Waals surface area contributed by atoms with Gasteiger partial charge in [-0.25, -0.2) is 4.79 Å². The number of nitrogens with one attached hydrogen (secondary N) is 1. The van der Waals surface area contributed by atoms with Gasteiger partial charge in [-0.3, -0.25) is 19.3 Å². The Morgan fingerprint density at radius 1 is 1.05 bits per heavy atom. The molecule has 1 saturated heterocycles. The first-order valence-corrected chi connectivity index (χ1v) is 12.5. The predicted molar refractivity (Wildman–Crippen MR) is 144 cm³/mol. The van der Waals surface area contributed by atoms with Crippen molar-refractivity contribution in [3.05, 3.63) is 86.0 Å². The van der Waals surface area contributed by atoms with Crippen molar-refractivity contribution < 1.29 is 23.9 Å². The van der Waals surface area contributed by atoms with Gasteiger partial charge in [-0.05, 0) is 85.8 Å². The van der Waals surface area contributed by atoms with E-state index in [-0.39, 0.29) is 21.2 Å². The maximum atomic E-state index is 13.0. The number of aryl methyl sites for hydroxylation is 1. The van der Waals surface area contributed by atoms with Gasteiger partial charge in [0.2, 0.25) is 5.91 Å². The van der Waals surface area contributed by atoms with Crippen molar-refractivity contribution in [2.75, 3.05) is 19.0 Å². The molecule has 3 amide bonds. The van der Waals surface area contributed by atoms with E-state index in [1.54, 1.807) is 18.2 Å². The van der Waals surface area contributed by atoms with Gasteiger partial charge in [0, 0.05) is 27.8 Å². The fourth-order valence-electron chi connectivity index (χ4n) is 3.91. The lowest BCUT2D eigenvalue weighted by atomic mass is 10.2. The summed E-state index contributed by atoms with van der Waals surface area (Å²) in [5.41, 5.74) is 3.87.